The number of carbonyl (C=O) groups excluding carboxylic acids is 1. The van der Waals surface area contributed by atoms with E-state index in [0.29, 0.717) is 23.6 Å². The Hall–Kier alpha value is -2.73. The predicted molar refractivity (Wildman–Crippen MR) is 108 cm³/mol. The number of amides is 1. The predicted octanol–water partition coefficient (Wildman–Crippen LogP) is 4.73. The van der Waals surface area contributed by atoms with Crippen LogP contribution in [0.2, 0.25) is 0 Å². The van der Waals surface area contributed by atoms with Gasteiger partial charge >= 0.3 is 0 Å². The molecule has 4 rings (SSSR count). The number of halogens is 1. The molecule has 0 fully saturated rings. The van der Waals surface area contributed by atoms with Crippen molar-refractivity contribution in [2.24, 2.45) is 0 Å². The molecule has 1 aliphatic heterocycles. The Bertz CT molecular complexity index is 1020. The van der Waals surface area contributed by atoms with Crippen molar-refractivity contribution in [3.05, 3.63) is 70.0 Å². The molecule has 6 heteroatoms. The second-order valence-corrected chi connectivity index (χ2v) is 7.31. The average molecular weight is 427 g/mol. The molecule has 5 nitrogen and oxygen atoms in total. The zero-order valence-electron chi connectivity index (χ0n) is 15.3. The van der Waals surface area contributed by atoms with Gasteiger partial charge in [-0.15, -0.1) is 0 Å². The summed E-state index contributed by atoms with van der Waals surface area (Å²) < 4.78 is 14.0. The lowest BCUT2D eigenvalue weighted by atomic mass is 10.1. The monoisotopic (exact) mass is 426 g/mol. The lowest BCUT2D eigenvalue weighted by Gasteiger charge is -2.21. The number of aryl methyl sites for hydroxylation is 1. The number of fused-ring (bicyclic) bond motifs is 3. The Kier molecular flexibility index (Phi) is 4.44. The van der Waals surface area contributed by atoms with E-state index in [4.69, 9.17) is 9.47 Å². The van der Waals surface area contributed by atoms with Crippen molar-refractivity contribution < 1.29 is 14.3 Å². The molecular weight excluding hydrogens is 408 g/mol. The molecule has 0 aliphatic carbocycles. The van der Waals surface area contributed by atoms with E-state index in [0.717, 1.165) is 27.2 Å². The van der Waals surface area contributed by atoms with Gasteiger partial charge in [-0.3, -0.25) is 4.79 Å². The summed E-state index contributed by atoms with van der Waals surface area (Å²) in [4.78, 5) is 15.3. The average Bonchev–Trinajstić information content (AvgIpc) is 2.99. The van der Waals surface area contributed by atoms with E-state index in [1.54, 1.807) is 25.2 Å². The van der Waals surface area contributed by atoms with Crippen LogP contribution < -0.4 is 14.4 Å². The van der Waals surface area contributed by atoms with Crippen LogP contribution in [0.1, 0.15) is 21.7 Å². The minimum absolute atomic E-state index is 0.0728. The number of hydrogen-bond acceptors (Lipinski definition) is 3. The third kappa shape index (κ3) is 2.90. The van der Waals surface area contributed by atoms with Crippen LogP contribution in [0.5, 0.6) is 11.5 Å². The highest BCUT2D eigenvalue weighted by Crippen LogP contribution is 2.37. The maximum Gasteiger partial charge on any atom is 0.260 e. The van der Waals surface area contributed by atoms with Crippen molar-refractivity contribution >= 4 is 27.5 Å². The van der Waals surface area contributed by atoms with E-state index in [-0.39, 0.29) is 5.91 Å². The zero-order valence-corrected chi connectivity index (χ0v) is 16.9. The minimum atomic E-state index is -0.0728. The van der Waals surface area contributed by atoms with Gasteiger partial charge in [0.15, 0.2) is 11.5 Å². The van der Waals surface area contributed by atoms with Crippen LogP contribution in [0.3, 0.4) is 0 Å². The number of benzene rings is 2. The van der Waals surface area contributed by atoms with Crippen molar-refractivity contribution in [3.63, 3.8) is 0 Å². The molecular formula is C21H19BrN2O3. The van der Waals surface area contributed by atoms with Crippen LogP contribution >= 0.6 is 15.9 Å². The molecule has 3 aromatic rings. The second kappa shape index (κ2) is 6.78. The van der Waals surface area contributed by atoms with Gasteiger partial charge in [-0.2, -0.15) is 0 Å². The lowest BCUT2D eigenvalue weighted by molar-refractivity contribution is 0.0986. The standard InChI is InChI=1S/C21H19BrN2O3/c1-13-4-7-16-12-23(15-8-5-14(22)6-9-15)21(25)17-10-19(26-2)20(27-3)11-18(17)24(13)16/h4-11H,12H2,1-3H3. The first kappa shape index (κ1) is 17.7. The van der Waals surface area contributed by atoms with Gasteiger partial charge in [-0.05, 0) is 49.4 Å². The number of methoxy groups -OCH3 is 2. The first-order valence-corrected chi connectivity index (χ1v) is 9.34. The number of aromatic nitrogens is 1. The Morgan fingerprint density at radius 1 is 0.963 bits per heavy atom. The van der Waals surface area contributed by atoms with Gasteiger partial charge in [0.1, 0.15) is 0 Å². The normalized spacial score (nSPS) is 13.0. The van der Waals surface area contributed by atoms with Gasteiger partial charge in [0.05, 0.1) is 32.0 Å². The summed E-state index contributed by atoms with van der Waals surface area (Å²) in [6, 6.07) is 15.5. The summed E-state index contributed by atoms with van der Waals surface area (Å²) >= 11 is 3.45. The summed E-state index contributed by atoms with van der Waals surface area (Å²) in [7, 11) is 3.17. The summed E-state index contributed by atoms with van der Waals surface area (Å²) in [6.45, 7) is 2.51. The van der Waals surface area contributed by atoms with Gasteiger partial charge in [0, 0.05) is 27.6 Å². The molecule has 1 aliphatic rings. The van der Waals surface area contributed by atoms with Crippen LogP contribution in [-0.2, 0) is 6.54 Å². The Balaban J connectivity index is 1.96. The highest BCUT2D eigenvalue weighted by molar-refractivity contribution is 9.10. The molecule has 1 aromatic heterocycles. The highest BCUT2D eigenvalue weighted by atomic mass is 79.9. The van der Waals surface area contributed by atoms with E-state index in [1.807, 2.05) is 37.3 Å². The molecule has 0 saturated heterocycles. The Morgan fingerprint density at radius 3 is 2.30 bits per heavy atom. The highest BCUT2D eigenvalue weighted by Gasteiger charge is 2.29. The molecule has 27 heavy (non-hydrogen) atoms. The molecule has 2 heterocycles. The fraction of sp³-hybridized carbons (Fsp3) is 0.190. The molecule has 0 unspecified atom stereocenters. The van der Waals surface area contributed by atoms with Gasteiger partial charge in [-0.25, -0.2) is 0 Å². The fourth-order valence-corrected chi connectivity index (χ4v) is 3.76. The van der Waals surface area contributed by atoms with Crippen molar-refractivity contribution in [1.29, 1.82) is 0 Å². The minimum Gasteiger partial charge on any atom is -0.493 e. The van der Waals surface area contributed by atoms with Crippen LogP contribution in [0.4, 0.5) is 5.69 Å². The Labute approximate surface area is 166 Å². The summed E-state index contributed by atoms with van der Waals surface area (Å²) in [5.41, 5.74) is 4.32. The van der Waals surface area contributed by atoms with E-state index >= 15 is 0 Å². The molecule has 0 spiro atoms. The van der Waals surface area contributed by atoms with Gasteiger partial charge in [0.2, 0.25) is 0 Å². The molecule has 138 valence electrons. The van der Waals surface area contributed by atoms with Crippen LogP contribution in [-0.4, -0.2) is 24.7 Å². The number of anilines is 1. The zero-order chi connectivity index (χ0) is 19.1. The maximum atomic E-state index is 13.5. The van der Waals surface area contributed by atoms with Gasteiger partial charge in [0.25, 0.3) is 5.91 Å². The second-order valence-electron chi connectivity index (χ2n) is 6.39. The summed E-state index contributed by atoms with van der Waals surface area (Å²) in [6.07, 6.45) is 0. The van der Waals surface area contributed by atoms with Crippen molar-refractivity contribution in [2.75, 3.05) is 19.1 Å². The number of carbonyl (C=O) groups is 1. The van der Waals surface area contributed by atoms with E-state index in [2.05, 4.69) is 32.6 Å². The molecule has 0 atom stereocenters. The SMILES string of the molecule is COc1cc2c(cc1OC)-n1c(C)ccc1CN(c1ccc(Br)cc1)C2=O. The van der Waals surface area contributed by atoms with E-state index in [9.17, 15) is 4.79 Å². The first-order valence-electron chi connectivity index (χ1n) is 8.54. The molecule has 0 bridgehead atoms. The van der Waals surface area contributed by atoms with Crippen molar-refractivity contribution in [3.8, 4) is 17.2 Å². The summed E-state index contributed by atoms with van der Waals surface area (Å²) in [5, 5.41) is 0. The molecule has 0 saturated carbocycles. The Morgan fingerprint density at radius 2 is 1.63 bits per heavy atom. The summed E-state index contributed by atoms with van der Waals surface area (Å²) in [5.74, 6) is 1.06. The third-order valence-electron chi connectivity index (χ3n) is 4.83. The third-order valence-corrected chi connectivity index (χ3v) is 5.36. The smallest absolute Gasteiger partial charge is 0.260 e. The number of hydrogen-bond donors (Lipinski definition) is 0. The number of rotatable bonds is 3. The fourth-order valence-electron chi connectivity index (χ4n) is 3.49. The molecule has 2 aromatic carbocycles. The van der Waals surface area contributed by atoms with Crippen LogP contribution in [0, 0.1) is 6.92 Å². The molecule has 1 amide bonds. The van der Waals surface area contributed by atoms with Crippen molar-refractivity contribution in [1.82, 2.24) is 4.57 Å². The van der Waals surface area contributed by atoms with Gasteiger partial charge in [-0.1, -0.05) is 15.9 Å². The largest absolute Gasteiger partial charge is 0.493 e. The van der Waals surface area contributed by atoms with E-state index < -0.39 is 0 Å². The van der Waals surface area contributed by atoms with E-state index in [1.165, 1.54) is 0 Å². The maximum absolute atomic E-state index is 13.5. The van der Waals surface area contributed by atoms with Crippen molar-refractivity contribution in [2.45, 2.75) is 13.5 Å². The number of nitrogens with zero attached hydrogens (tertiary/aromatic N) is 2. The quantitative estimate of drug-likeness (QED) is 0.608. The van der Waals surface area contributed by atoms with Gasteiger partial charge < -0.3 is 18.9 Å². The number of ether oxygens (including phenoxy) is 2. The lowest BCUT2D eigenvalue weighted by Crippen LogP contribution is -2.29. The molecule has 0 radical (unpaired) electrons. The van der Waals surface area contributed by atoms with Crippen LogP contribution in [0.25, 0.3) is 5.69 Å². The topological polar surface area (TPSA) is 43.7 Å². The first-order chi connectivity index (χ1) is 13.0. The molecule has 0 N–H and O–H groups in total. The van der Waals surface area contributed by atoms with Crippen LogP contribution in [0.15, 0.2) is 53.0 Å².